The normalized spacial score (nSPS) is 10.7. The molecule has 0 atom stereocenters. The Kier molecular flexibility index (Phi) is 4.94. The molecule has 3 nitrogen and oxygen atoms in total. The van der Waals surface area contributed by atoms with E-state index in [2.05, 4.69) is 63.1 Å². The van der Waals surface area contributed by atoms with Gasteiger partial charge in [0.25, 0.3) is 0 Å². The van der Waals surface area contributed by atoms with Crippen LogP contribution in [0.5, 0.6) is 0 Å². The van der Waals surface area contributed by atoms with Gasteiger partial charge in [0, 0.05) is 24.1 Å². The first-order chi connectivity index (χ1) is 10.1. The van der Waals surface area contributed by atoms with Gasteiger partial charge in [-0.15, -0.1) is 0 Å². The van der Waals surface area contributed by atoms with Crippen molar-refractivity contribution in [1.82, 2.24) is 9.97 Å². The van der Waals surface area contributed by atoms with Crippen LogP contribution in [0.15, 0.2) is 18.2 Å². The predicted octanol–water partition coefficient (Wildman–Crippen LogP) is 4.45. The molecule has 1 N–H and O–H groups in total. The average molecular weight is 283 g/mol. The summed E-state index contributed by atoms with van der Waals surface area (Å²) < 4.78 is 0. The Morgan fingerprint density at radius 1 is 1.05 bits per heavy atom. The van der Waals surface area contributed by atoms with E-state index in [-0.39, 0.29) is 0 Å². The molecule has 2 aromatic rings. The topological polar surface area (TPSA) is 37.8 Å². The van der Waals surface area contributed by atoms with Crippen LogP contribution in [0.4, 0.5) is 5.82 Å². The van der Waals surface area contributed by atoms with E-state index in [0.717, 1.165) is 42.3 Å². The van der Waals surface area contributed by atoms with Crippen LogP contribution in [0.3, 0.4) is 0 Å². The highest BCUT2D eigenvalue weighted by atomic mass is 15.0. The maximum absolute atomic E-state index is 4.78. The Labute approximate surface area is 127 Å². The van der Waals surface area contributed by atoms with Crippen molar-refractivity contribution in [2.45, 2.75) is 47.5 Å². The summed E-state index contributed by atoms with van der Waals surface area (Å²) in [7, 11) is 0. The summed E-state index contributed by atoms with van der Waals surface area (Å²) >= 11 is 0. The number of hydrogen-bond acceptors (Lipinski definition) is 3. The zero-order valence-corrected chi connectivity index (χ0v) is 13.7. The predicted molar refractivity (Wildman–Crippen MR) is 89.8 cm³/mol. The number of aromatic nitrogens is 2. The standard InChI is InChI=1S/C18H25N3/c1-6-10-19-18-14(5)17(20-16(7-2)21-18)15-11-12(3)8-9-13(15)4/h8-9,11H,6-7,10H2,1-5H3,(H,19,20,21). The summed E-state index contributed by atoms with van der Waals surface area (Å²) in [5.74, 6) is 1.87. The SMILES string of the molecule is CCCNc1nc(CC)nc(-c2cc(C)ccc2C)c1C. The van der Waals surface area contributed by atoms with Gasteiger partial charge in [0.15, 0.2) is 0 Å². The monoisotopic (exact) mass is 283 g/mol. The lowest BCUT2D eigenvalue weighted by Crippen LogP contribution is -2.09. The van der Waals surface area contributed by atoms with Crippen molar-refractivity contribution in [2.24, 2.45) is 0 Å². The van der Waals surface area contributed by atoms with E-state index in [4.69, 9.17) is 4.98 Å². The number of benzene rings is 1. The number of aryl methyl sites for hydroxylation is 3. The second kappa shape index (κ2) is 6.70. The fraction of sp³-hybridized carbons (Fsp3) is 0.444. The Balaban J connectivity index is 2.58. The van der Waals surface area contributed by atoms with Crippen LogP contribution in [0.1, 0.15) is 42.8 Å². The third-order valence-corrected chi connectivity index (χ3v) is 3.70. The minimum Gasteiger partial charge on any atom is -0.370 e. The van der Waals surface area contributed by atoms with E-state index in [1.54, 1.807) is 0 Å². The summed E-state index contributed by atoms with van der Waals surface area (Å²) in [6, 6.07) is 6.52. The molecular formula is C18H25N3. The molecule has 0 radical (unpaired) electrons. The molecule has 2 rings (SSSR count). The van der Waals surface area contributed by atoms with Gasteiger partial charge >= 0.3 is 0 Å². The molecule has 1 heterocycles. The smallest absolute Gasteiger partial charge is 0.133 e. The first-order valence-electron chi connectivity index (χ1n) is 7.75. The molecule has 0 unspecified atom stereocenters. The van der Waals surface area contributed by atoms with E-state index in [0.29, 0.717) is 0 Å². The molecule has 3 heteroatoms. The van der Waals surface area contributed by atoms with Crippen LogP contribution < -0.4 is 5.32 Å². The largest absolute Gasteiger partial charge is 0.370 e. The first-order valence-corrected chi connectivity index (χ1v) is 7.75. The molecule has 0 saturated heterocycles. The van der Waals surface area contributed by atoms with Gasteiger partial charge in [-0.25, -0.2) is 9.97 Å². The molecule has 0 spiro atoms. The Bertz CT molecular complexity index is 633. The van der Waals surface area contributed by atoms with Gasteiger partial charge in [-0.2, -0.15) is 0 Å². The third kappa shape index (κ3) is 3.41. The highest BCUT2D eigenvalue weighted by Gasteiger charge is 2.13. The van der Waals surface area contributed by atoms with E-state index in [9.17, 15) is 0 Å². The lowest BCUT2D eigenvalue weighted by atomic mass is 9.99. The molecule has 0 bridgehead atoms. The van der Waals surface area contributed by atoms with Crippen molar-refractivity contribution in [3.05, 3.63) is 40.7 Å². The highest BCUT2D eigenvalue weighted by molar-refractivity contribution is 5.71. The zero-order valence-electron chi connectivity index (χ0n) is 13.7. The lowest BCUT2D eigenvalue weighted by molar-refractivity contribution is 0.910. The Hall–Kier alpha value is -1.90. The van der Waals surface area contributed by atoms with E-state index >= 15 is 0 Å². The van der Waals surface area contributed by atoms with Crippen molar-refractivity contribution in [1.29, 1.82) is 0 Å². The summed E-state index contributed by atoms with van der Waals surface area (Å²) in [5, 5.41) is 3.43. The highest BCUT2D eigenvalue weighted by Crippen LogP contribution is 2.29. The van der Waals surface area contributed by atoms with E-state index in [1.807, 2.05) is 0 Å². The van der Waals surface area contributed by atoms with Crippen LogP contribution >= 0.6 is 0 Å². The van der Waals surface area contributed by atoms with Crippen LogP contribution in [-0.2, 0) is 6.42 Å². The summed E-state index contributed by atoms with van der Waals surface area (Å²) in [4.78, 5) is 9.42. The molecule has 21 heavy (non-hydrogen) atoms. The fourth-order valence-electron chi connectivity index (χ4n) is 2.39. The second-order valence-corrected chi connectivity index (χ2v) is 5.56. The molecule has 112 valence electrons. The van der Waals surface area contributed by atoms with Gasteiger partial charge in [-0.3, -0.25) is 0 Å². The first kappa shape index (κ1) is 15.5. The zero-order chi connectivity index (χ0) is 15.4. The molecular weight excluding hydrogens is 258 g/mol. The van der Waals surface area contributed by atoms with Gasteiger partial charge in [-0.05, 0) is 38.8 Å². The molecule has 1 aromatic carbocycles. The summed E-state index contributed by atoms with van der Waals surface area (Å²) in [6.07, 6.45) is 1.93. The molecule has 0 saturated carbocycles. The van der Waals surface area contributed by atoms with Gasteiger partial charge in [0.1, 0.15) is 11.6 Å². The molecule has 0 aliphatic rings. The maximum atomic E-state index is 4.78. The number of nitrogens with zero attached hydrogens (tertiary/aromatic N) is 2. The van der Waals surface area contributed by atoms with Crippen molar-refractivity contribution in [2.75, 3.05) is 11.9 Å². The summed E-state index contributed by atoms with van der Waals surface area (Å²) in [5.41, 5.74) is 5.92. The average Bonchev–Trinajstić information content (AvgIpc) is 2.49. The Morgan fingerprint density at radius 3 is 2.48 bits per heavy atom. The quantitative estimate of drug-likeness (QED) is 0.880. The van der Waals surface area contributed by atoms with Crippen LogP contribution in [0.25, 0.3) is 11.3 Å². The molecule has 0 aliphatic carbocycles. The van der Waals surface area contributed by atoms with E-state index in [1.165, 1.54) is 16.7 Å². The molecule has 0 amide bonds. The molecule has 0 fully saturated rings. The van der Waals surface area contributed by atoms with Crippen LogP contribution in [-0.4, -0.2) is 16.5 Å². The number of rotatable bonds is 5. The van der Waals surface area contributed by atoms with Crippen LogP contribution in [0, 0.1) is 20.8 Å². The van der Waals surface area contributed by atoms with Gasteiger partial charge in [0.05, 0.1) is 5.69 Å². The van der Waals surface area contributed by atoms with Crippen molar-refractivity contribution in [3.8, 4) is 11.3 Å². The number of nitrogens with one attached hydrogen (secondary N) is 1. The van der Waals surface area contributed by atoms with Crippen molar-refractivity contribution in [3.63, 3.8) is 0 Å². The third-order valence-electron chi connectivity index (χ3n) is 3.70. The van der Waals surface area contributed by atoms with Gasteiger partial charge < -0.3 is 5.32 Å². The minimum atomic E-state index is 0.846. The number of hydrogen-bond donors (Lipinski definition) is 1. The lowest BCUT2D eigenvalue weighted by Gasteiger charge is -2.15. The second-order valence-electron chi connectivity index (χ2n) is 5.56. The minimum absolute atomic E-state index is 0.846. The molecule has 1 aromatic heterocycles. The summed E-state index contributed by atoms with van der Waals surface area (Å²) in [6.45, 7) is 11.6. The fourth-order valence-corrected chi connectivity index (χ4v) is 2.39. The van der Waals surface area contributed by atoms with Gasteiger partial charge in [-0.1, -0.05) is 31.5 Å². The maximum Gasteiger partial charge on any atom is 0.133 e. The number of anilines is 1. The Morgan fingerprint density at radius 2 is 1.81 bits per heavy atom. The van der Waals surface area contributed by atoms with E-state index < -0.39 is 0 Å². The van der Waals surface area contributed by atoms with Crippen molar-refractivity contribution < 1.29 is 0 Å². The van der Waals surface area contributed by atoms with Crippen LogP contribution in [0.2, 0.25) is 0 Å². The molecule has 0 aliphatic heterocycles. The van der Waals surface area contributed by atoms with Crippen molar-refractivity contribution >= 4 is 5.82 Å². The van der Waals surface area contributed by atoms with Gasteiger partial charge in [0.2, 0.25) is 0 Å².